The Morgan fingerprint density at radius 1 is 1.29 bits per heavy atom. The number of carboxylic acid groups (broad SMARTS) is 1. The number of aliphatic carboxylic acids is 1. The van der Waals surface area contributed by atoms with Crippen molar-refractivity contribution in [2.75, 3.05) is 23.3 Å². The first-order valence-electron chi connectivity index (χ1n) is 6.98. The minimum Gasteiger partial charge on any atom is -0.481 e. The van der Waals surface area contributed by atoms with Gasteiger partial charge >= 0.3 is 5.97 Å². The van der Waals surface area contributed by atoms with Gasteiger partial charge in [0.25, 0.3) is 5.56 Å². The number of aromatic nitrogens is 2. The topological polar surface area (TPSA) is 115 Å². The van der Waals surface area contributed by atoms with E-state index in [0.717, 1.165) is 32.4 Å². The first-order valence-corrected chi connectivity index (χ1v) is 6.98. The molecule has 1 atom stereocenters. The Morgan fingerprint density at radius 2 is 2.00 bits per heavy atom. The molecule has 0 aromatic carbocycles. The van der Waals surface area contributed by atoms with Crippen LogP contribution in [0.5, 0.6) is 0 Å². The second-order valence-electron chi connectivity index (χ2n) is 5.34. The van der Waals surface area contributed by atoms with Gasteiger partial charge in [-0.25, -0.2) is 0 Å². The lowest BCUT2D eigenvalue weighted by molar-refractivity contribution is -0.138. The highest BCUT2D eigenvalue weighted by molar-refractivity contribution is 6.03. The molecule has 0 spiro atoms. The summed E-state index contributed by atoms with van der Waals surface area (Å²) in [6.07, 6.45) is 2.82. The summed E-state index contributed by atoms with van der Waals surface area (Å²) in [7, 11) is 0. The van der Waals surface area contributed by atoms with Crippen molar-refractivity contribution in [2.24, 2.45) is 0 Å². The highest BCUT2D eigenvalue weighted by Crippen LogP contribution is 2.31. The molecule has 3 rings (SSSR count). The van der Waals surface area contributed by atoms with Gasteiger partial charge in [-0.1, -0.05) is 0 Å². The quantitative estimate of drug-likeness (QED) is 0.736. The standard InChI is InChI=1S/C13H16N4O4/c18-8(19)6-7-9-10(14-11(7)20)15-13(16-12(9)21)17-4-2-1-3-5-17/h7H,1-6H2,(H,18,19)(H2,14,15,16,20,21). The molecule has 0 aliphatic carbocycles. The third-order valence-electron chi connectivity index (χ3n) is 3.88. The van der Waals surface area contributed by atoms with Crippen molar-refractivity contribution in [1.29, 1.82) is 0 Å². The van der Waals surface area contributed by atoms with Gasteiger partial charge in [0.15, 0.2) is 0 Å². The maximum absolute atomic E-state index is 12.2. The monoisotopic (exact) mass is 292 g/mol. The molecule has 3 N–H and O–H groups in total. The van der Waals surface area contributed by atoms with Crippen LogP contribution in [0, 0.1) is 0 Å². The predicted molar refractivity (Wildman–Crippen MR) is 74.5 cm³/mol. The van der Waals surface area contributed by atoms with Gasteiger partial charge in [0, 0.05) is 13.1 Å². The molecule has 21 heavy (non-hydrogen) atoms. The number of anilines is 2. The lowest BCUT2D eigenvalue weighted by atomic mass is 10.00. The number of H-pyrrole nitrogens is 1. The minimum absolute atomic E-state index is 0.128. The molecule has 2 aliphatic rings. The fourth-order valence-electron chi connectivity index (χ4n) is 2.85. The molecule has 2 aliphatic heterocycles. The van der Waals surface area contributed by atoms with E-state index in [2.05, 4.69) is 15.3 Å². The van der Waals surface area contributed by atoms with Gasteiger partial charge < -0.3 is 15.3 Å². The number of amides is 1. The minimum atomic E-state index is -1.12. The van der Waals surface area contributed by atoms with Gasteiger partial charge in [-0.05, 0) is 19.3 Å². The van der Waals surface area contributed by atoms with Gasteiger partial charge in [-0.3, -0.25) is 19.4 Å². The summed E-state index contributed by atoms with van der Waals surface area (Å²) in [6.45, 7) is 1.63. The molecule has 0 saturated carbocycles. The molecule has 1 unspecified atom stereocenters. The molecule has 0 bridgehead atoms. The molecule has 1 aromatic heterocycles. The van der Waals surface area contributed by atoms with Crippen LogP contribution in [0.1, 0.15) is 37.2 Å². The maximum Gasteiger partial charge on any atom is 0.304 e. The van der Waals surface area contributed by atoms with Crippen molar-refractivity contribution in [3.63, 3.8) is 0 Å². The van der Waals surface area contributed by atoms with Crippen LogP contribution >= 0.6 is 0 Å². The zero-order chi connectivity index (χ0) is 15.0. The normalized spacial score (nSPS) is 21.0. The molecule has 112 valence electrons. The molecule has 1 aromatic rings. The van der Waals surface area contributed by atoms with E-state index in [1.165, 1.54) is 0 Å². The third kappa shape index (κ3) is 2.48. The van der Waals surface area contributed by atoms with E-state index in [-0.39, 0.29) is 11.4 Å². The van der Waals surface area contributed by atoms with Crippen LogP contribution < -0.4 is 15.8 Å². The van der Waals surface area contributed by atoms with Gasteiger partial charge in [0.2, 0.25) is 11.9 Å². The first kappa shape index (κ1) is 13.6. The summed E-state index contributed by atoms with van der Waals surface area (Å²) in [4.78, 5) is 43.8. The number of nitrogens with one attached hydrogen (secondary N) is 2. The molecular weight excluding hydrogens is 276 g/mol. The van der Waals surface area contributed by atoms with E-state index in [4.69, 9.17) is 5.11 Å². The summed E-state index contributed by atoms with van der Waals surface area (Å²) < 4.78 is 0. The van der Waals surface area contributed by atoms with Gasteiger partial charge in [0.1, 0.15) is 5.82 Å². The summed E-state index contributed by atoms with van der Waals surface area (Å²) in [5.74, 6) is -1.95. The zero-order valence-corrected chi connectivity index (χ0v) is 11.4. The SMILES string of the molecule is O=C(O)CC1C(=O)Nc2nc(N3CCCCC3)[nH]c(=O)c21. The summed E-state index contributed by atoms with van der Waals surface area (Å²) in [6, 6.07) is 0. The molecule has 1 fully saturated rings. The zero-order valence-electron chi connectivity index (χ0n) is 11.4. The molecule has 0 radical (unpaired) electrons. The number of hydrogen-bond acceptors (Lipinski definition) is 5. The fourth-order valence-corrected chi connectivity index (χ4v) is 2.85. The number of carbonyl (C=O) groups excluding carboxylic acids is 1. The highest BCUT2D eigenvalue weighted by atomic mass is 16.4. The fraction of sp³-hybridized carbons (Fsp3) is 0.538. The molecule has 1 amide bonds. The van der Waals surface area contributed by atoms with E-state index in [1.807, 2.05) is 4.90 Å². The van der Waals surface area contributed by atoms with Crippen molar-refractivity contribution in [3.05, 3.63) is 15.9 Å². The number of carboxylic acids is 1. The van der Waals surface area contributed by atoms with Crippen molar-refractivity contribution in [3.8, 4) is 0 Å². The average Bonchev–Trinajstić information content (AvgIpc) is 2.76. The molecule has 3 heterocycles. The van der Waals surface area contributed by atoms with Crippen molar-refractivity contribution < 1.29 is 14.7 Å². The Labute approximate surface area is 120 Å². The Hall–Kier alpha value is -2.38. The van der Waals surface area contributed by atoms with Crippen LogP contribution in [0.15, 0.2) is 4.79 Å². The van der Waals surface area contributed by atoms with Crippen LogP contribution in [0.2, 0.25) is 0 Å². The third-order valence-corrected chi connectivity index (χ3v) is 3.88. The van der Waals surface area contributed by atoms with E-state index in [9.17, 15) is 14.4 Å². The molecule has 8 heteroatoms. The second kappa shape index (κ2) is 5.19. The number of hydrogen-bond donors (Lipinski definition) is 3. The van der Waals surface area contributed by atoms with Crippen LogP contribution in [-0.4, -0.2) is 40.0 Å². The lowest BCUT2D eigenvalue weighted by Gasteiger charge is -2.27. The van der Waals surface area contributed by atoms with Crippen LogP contribution in [0.25, 0.3) is 0 Å². The maximum atomic E-state index is 12.2. The van der Waals surface area contributed by atoms with Crippen LogP contribution in [-0.2, 0) is 9.59 Å². The van der Waals surface area contributed by atoms with E-state index >= 15 is 0 Å². The number of carbonyl (C=O) groups is 2. The lowest BCUT2D eigenvalue weighted by Crippen LogP contribution is -2.33. The summed E-state index contributed by atoms with van der Waals surface area (Å²) >= 11 is 0. The van der Waals surface area contributed by atoms with Gasteiger partial charge in [0.05, 0.1) is 17.9 Å². The number of rotatable bonds is 3. The van der Waals surface area contributed by atoms with Gasteiger partial charge in [-0.2, -0.15) is 4.98 Å². The smallest absolute Gasteiger partial charge is 0.304 e. The highest BCUT2D eigenvalue weighted by Gasteiger charge is 2.36. The number of fused-ring (bicyclic) bond motifs is 1. The number of nitrogens with zero attached hydrogens (tertiary/aromatic N) is 2. The molecule has 1 saturated heterocycles. The second-order valence-corrected chi connectivity index (χ2v) is 5.34. The summed E-state index contributed by atoms with van der Waals surface area (Å²) in [5, 5.41) is 11.4. The Morgan fingerprint density at radius 3 is 2.67 bits per heavy atom. The van der Waals surface area contributed by atoms with Crippen molar-refractivity contribution >= 4 is 23.6 Å². The molecule has 8 nitrogen and oxygen atoms in total. The van der Waals surface area contributed by atoms with Crippen LogP contribution in [0.3, 0.4) is 0 Å². The van der Waals surface area contributed by atoms with Crippen molar-refractivity contribution in [2.45, 2.75) is 31.6 Å². The summed E-state index contributed by atoms with van der Waals surface area (Å²) in [5.41, 5.74) is -0.312. The average molecular weight is 292 g/mol. The van der Waals surface area contributed by atoms with Crippen molar-refractivity contribution in [1.82, 2.24) is 9.97 Å². The predicted octanol–water partition coefficient (Wildman–Crippen LogP) is 0.271. The Kier molecular flexibility index (Phi) is 3.36. The van der Waals surface area contributed by atoms with E-state index < -0.39 is 29.8 Å². The Bertz CT molecular complexity index is 648. The Balaban J connectivity index is 1.96. The number of aromatic amines is 1. The van der Waals surface area contributed by atoms with E-state index in [1.54, 1.807) is 0 Å². The number of piperidine rings is 1. The van der Waals surface area contributed by atoms with Gasteiger partial charge in [-0.15, -0.1) is 0 Å². The van der Waals surface area contributed by atoms with Crippen LogP contribution in [0.4, 0.5) is 11.8 Å². The first-order chi connectivity index (χ1) is 10.1. The largest absolute Gasteiger partial charge is 0.481 e. The molecular formula is C13H16N4O4. The van der Waals surface area contributed by atoms with E-state index in [0.29, 0.717) is 5.95 Å².